The monoisotopic (exact) mass is 289 g/mol. The SMILES string of the molecule is O=C(c1cccc(CCl)c1)N(Cc1ccco1)C1CC1. The Morgan fingerprint density at radius 1 is 1.30 bits per heavy atom. The summed E-state index contributed by atoms with van der Waals surface area (Å²) in [6.07, 6.45) is 3.78. The minimum absolute atomic E-state index is 0.0517. The van der Waals surface area contributed by atoms with E-state index in [1.54, 1.807) is 6.26 Å². The van der Waals surface area contributed by atoms with Crippen LogP contribution in [0.4, 0.5) is 0 Å². The standard InChI is InChI=1S/C16H16ClNO2/c17-10-12-3-1-4-13(9-12)16(19)18(14-6-7-14)11-15-5-2-8-20-15/h1-5,8-9,14H,6-7,10-11H2. The van der Waals surface area contributed by atoms with Gasteiger partial charge in [-0.2, -0.15) is 0 Å². The summed E-state index contributed by atoms with van der Waals surface area (Å²) in [5.74, 6) is 1.29. The fraction of sp³-hybridized carbons (Fsp3) is 0.312. The van der Waals surface area contributed by atoms with Crippen molar-refractivity contribution in [2.75, 3.05) is 0 Å². The highest BCUT2D eigenvalue weighted by Crippen LogP contribution is 2.30. The highest BCUT2D eigenvalue weighted by atomic mass is 35.5. The van der Waals surface area contributed by atoms with E-state index < -0.39 is 0 Å². The largest absolute Gasteiger partial charge is 0.467 e. The van der Waals surface area contributed by atoms with E-state index in [4.69, 9.17) is 16.0 Å². The number of furan rings is 1. The quantitative estimate of drug-likeness (QED) is 0.784. The lowest BCUT2D eigenvalue weighted by Crippen LogP contribution is -2.32. The molecule has 1 aliphatic rings. The molecule has 1 aromatic carbocycles. The van der Waals surface area contributed by atoms with Gasteiger partial charge in [-0.05, 0) is 42.7 Å². The van der Waals surface area contributed by atoms with Crippen LogP contribution < -0.4 is 0 Å². The molecular weight excluding hydrogens is 274 g/mol. The molecule has 4 heteroatoms. The molecule has 0 atom stereocenters. The minimum atomic E-state index is 0.0517. The fourth-order valence-electron chi connectivity index (χ4n) is 2.28. The number of rotatable bonds is 5. The molecule has 0 saturated heterocycles. The molecule has 3 rings (SSSR count). The van der Waals surface area contributed by atoms with Crippen molar-refractivity contribution in [1.82, 2.24) is 4.90 Å². The van der Waals surface area contributed by atoms with Crippen LogP contribution in [0.15, 0.2) is 47.1 Å². The van der Waals surface area contributed by atoms with Gasteiger partial charge in [-0.15, -0.1) is 11.6 Å². The minimum Gasteiger partial charge on any atom is -0.467 e. The van der Waals surface area contributed by atoms with Crippen molar-refractivity contribution in [2.45, 2.75) is 31.3 Å². The maximum Gasteiger partial charge on any atom is 0.254 e. The molecule has 0 bridgehead atoms. The Labute approximate surface area is 123 Å². The Morgan fingerprint density at radius 2 is 2.15 bits per heavy atom. The van der Waals surface area contributed by atoms with E-state index in [1.165, 1.54) is 0 Å². The van der Waals surface area contributed by atoms with E-state index in [-0.39, 0.29) is 5.91 Å². The summed E-state index contributed by atoms with van der Waals surface area (Å²) in [7, 11) is 0. The number of carbonyl (C=O) groups excluding carboxylic acids is 1. The fourth-order valence-corrected chi connectivity index (χ4v) is 2.44. The lowest BCUT2D eigenvalue weighted by molar-refractivity contribution is 0.0717. The smallest absolute Gasteiger partial charge is 0.254 e. The zero-order valence-electron chi connectivity index (χ0n) is 11.1. The molecule has 1 saturated carbocycles. The van der Waals surface area contributed by atoms with Gasteiger partial charge in [0, 0.05) is 17.5 Å². The molecule has 0 radical (unpaired) electrons. The summed E-state index contributed by atoms with van der Waals surface area (Å²) in [5.41, 5.74) is 1.66. The van der Waals surface area contributed by atoms with Gasteiger partial charge in [0.1, 0.15) is 5.76 Å². The van der Waals surface area contributed by atoms with Gasteiger partial charge in [0.2, 0.25) is 0 Å². The van der Waals surface area contributed by atoms with Crippen LogP contribution in [-0.2, 0) is 12.4 Å². The van der Waals surface area contributed by atoms with Gasteiger partial charge in [-0.3, -0.25) is 4.79 Å². The number of amides is 1. The molecule has 20 heavy (non-hydrogen) atoms. The Hall–Kier alpha value is -1.74. The number of benzene rings is 1. The lowest BCUT2D eigenvalue weighted by atomic mass is 10.1. The Kier molecular flexibility index (Phi) is 3.79. The van der Waals surface area contributed by atoms with E-state index in [0.717, 1.165) is 24.2 Å². The summed E-state index contributed by atoms with van der Waals surface area (Å²) in [6.45, 7) is 0.529. The maximum atomic E-state index is 12.7. The van der Waals surface area contributed by atoms with E-state index in [1.807, 2.05) is 41.3 Å². The number of hydrogen-bond donors (Lipinski definition) is 0. The first kappa shape index (κ1) is 13.3. The molecule has 1 amide bonds. The van der Waals surface area contributed by atoms with E-state index in [2.05, 4.69) is 0 Å². The summed E-state index contributed by atoms with van der Waals surface area (Å²) in [6, 6.07) is 11.6. The highest BCUT2D eigenvalue weighted by molar-refractivity contribution is 6.17. The van der Waals surface area contributed by atoms with Crippen molar-refractivity contribution in [3.05, 3.63) is 59.5 Å². The van der Waals surface area contributed by atoms with Crippen LogP contribution in [0.5, 0.6) is 0 Å². The summed E-state index contributed by atoms with van der Waals surface area (Å²) < 4.78 is 5.36. The van der Waals surface area contributed by atoms with Crippen molar-refractivity contribution in [2.24, 2.45) is 0 Å². The lowest BCUT2D eigenvalue weighted by Gasteiger charge is -2.21. The molecule has 1 aromatic heterocycles. The summed E-state index contributed by atoms with van der Waals surface area (Å²) in [5, 5.41) is 0. The van der Waals surface area contributed by atoms with Gasteiger partial charge < -0.3 is 9.32 Å². The third-order valence-corrected chi connectivity index (χ3v) is 3.79. The normalized spacial score (nSPS) is 14.2. The molecule has 1 fully saturated rings. The Balaban J connectivity index is 1.81. The second-order valence-electron chi connectivity index (χ2n) is 5.08. The Morgan fingerprint density at radius 3 is 2.80 bits per heavy atom. The third-order valence-electron chi connectivity index (χ3n) is 3.48. The Bertz CT molecular complexity index is 590. The molecule has 1 aliphatic carbocycles. The summed E-state index contributed by atoms with van der Waals surface area (Å²) >= 11 is 5.83. The van der Waals surface area contributed by atoms with Crippen LogP contribution in [-0.4, -0.2) is 16.8 Å². The van der Waals surface area contributed by atoms with Crippen molar-refractivity contribution in [3.63, 3.8) is 0 Å². The zero-order valence-corrected chi connectivity index (χ0v) is 11.8. The van der Waals surface area contributed by atoms with Crippen LogP contribution in [0.2, 0.25) is 0 Å². The number of carbonyl (C=O) groups is 1. The maximum absolute atomic E-state index is 12.7. The predicted molar refractivity (Wildman–Crippen MR) is 77.6 cm³/mol. The molecule has 0 N–H and O–H groups in total. The number of alkyl halides is 1. The first-order valence-electron chi connectivity index (χ1n) is 6.76. The third kappa shape index (κ3) is 2.88. The molecular formula is C16H16ClNO2. The van der Waals surface area contributed by atoms with Gasteiger partial charge in [0.05, 0.1) is 12.8 Å². The van der Waals surface area contributed by atoms with Crippen molar-refractivity contribution < 1.29 is 9.21 Å². The summed E-state index contributed by atoms with van der Waals surface area (Å²) in [4.78, 5) is 14.6. The highest BCUT2D eigenvalue weighted by Gasteiger charge is 2.33. The van der Waals surface area contributed by atoms with E-state index in [9.17, 15) is 4.79 Å². The number of halogens is 1. The second-order valence-corrected chi connectivity index (χ2v) is 5.34. The second kappa shape index (κ2) is 5.71. The van der Waals surface area contributed by atoms with Crippen molar-refractivity contribution >= 4 is 17.5 Å². The van der Waals surface area contributed by atoms with Crippen LogP contribution in [0.25, 0.3) is 0 Å². The van der Waals surface area contributed by atoms with Crippen LogP contribution >= 0.6 is 11.6 Å². The molecule has 0 aliphatic heterocycles. The van der Waals surface area contributed by atoms with Gasteiger partial charge >= 0.3 is 0 Å². The molecule has 2 aromatic rings. The number of hydrogen-bond acceptors (Lipinski definition) is 2. The molecule has 3 nitrogen and oxygen atoms in total. The average molecular weight is 290 g/mol. The predicted octanol–water partition coefficient (Wildman–Crippen LogP) is 3.82. The molecule has 0 unspecified atom stereocenters. The van der Waals surface area contributed by atoms with E-state index in [0.29, 0.717) is 24.0 Å². The van der Waals surface area contributed by atoms with Gasteiger partial charge in [-0.1, -0.05) is 12.1 Å². The van der Waals surface area contributed by atoms with Crippen LogP contribution in [0.1, 0.15) is 34.5 Å². The number of nitrogens with zero attached hydrogens (tertiary/aromatic N) is 1. The van der Waals surface area contributed by atoms with Crippen molar-refractivity contribution in [1.29, 1.82) is 0 Å². The van der Waals surface area contributed by atoms with Crippen molar-refractivity contribution in [3.8, 4) is 0 Å². The topological polar surface area (TPSA) is 33.5 Å². The van der Waals surface area contributed by atoms with Crippen LogP contribution in [0.3, 0.4) is 0 Å². The van der Waals surface area contributed by atoms with E-state index >= 15 is 0 Å². The van der Waals surface area contributed by atoms with Gasteiger partial charge in [0.15, 0.2) is 0 Å². The first-order chi connectivity index (χ1) is 9.78. The molecule has 1 heterocycles. The van der Waals surface area contributed by atoms with Gasteiger partial charge in [-0.25, -0.2) is 0 Å². The molecule has 104 valence electrons. The average Bonchev–Trinajstić information content (AvgIpc) is 3.20. The zero-order chi connectivity index (χ0) is 13.9. The van der Waals surface area contributed by atoms with Crippen LogP contribution in [0, 0.1) is 0 Å². The first-order valence-corrected chi connectivity index (χ1v) is 7.29. The van der Waals surface area contributed by atoms with Gasteiger partial charge in [0.25, 0.3) is 5.91 Å². The molecule has 0 spiro atoms.